The maximum Gasteiger partial charge on any atom is 0.134 e. The molecule has 1 unspecified atom stereocenters. The second-order valence-corrected chi connectivity index (χ2v) is 1.37. The van der Waals surface area contributed by atoms with Gasteiger partial charge in [-0.25, -0.2) is 0 Å². The van der Waals surface area contributed by atoms with Gasteiger partial charge >= 0.3 is 0 Å². The van der Waals surface area contributed by atoms with Crippen LogP contribution in [0.1, 0.15) is 0 Å². The number of hydrogen-bond donors (Lipinski definition) is 2. The van der Waals surface area contributed by atoms with Crippen LogP contribution in [0, 0.1) is 0 Å². The SMILES string of the molecule is NCC1O[C@@H]1N. The van der Waals surface area contributed by atoms with E-state index >= 15 is 0 Å². The van der Waals surface area contributed by atoms with Gasteiger partial charge in [0.25, 0.3) is 0 Å². The van der Waals surface area contributed by atoms with Crippen LogP contribution in [0.3, 0.4) is 0 Å². The topological polar surface area (TPSA) is 64.6 Å². The summed E-state index contributed by atoms with van der Waals surface area (Å²) in [7, 11) is 0. The minimum Gasteiger partial charge on any atom is -0.352 e. The van der Waals surface area contributed by atoms with E-state index in [0.717, 1.165) is 0 Å². The summed E-state index contributed by atoms with van der Waals surface area (Å²) in [6.45, 7) is 0.557. The van der Waals surface area contributed by atoms with Crippen molar-refractivity contribution >= 4 is 0 Å². The standard InChI is InChI=1S/C3H8N2O/c4-1-2-3(5)6-2/h2-3H,1,4-5H2/t2?,3-/m0/s1. The van der Waals surface area contributed by atoms with E-state index in [1.165, 1.54) is 0 Å². The fourth-order valence-corrected chi connectivity index (χ4v) is 0.346. The van der Waals surface area contributed by atoms with Gasteiger partial charge in [0.1, 0.15) is 12.3 Å². The smallest absolute Gasteiger partial charge is 0.134 e. The van der Waals surface area contributed by atoms with Gasteiger partial charge in [0.05, 0.1) is 0 Å². The molecule has 1 saturated heterocycles. The van der Waals surface area contributed by atoms with Crippen molar-refractivity contribution in [3.63, 3.8) is 0 Å². The lowest BCUT2D eigenvalue weighted by molar-refractivity contribution is 0.376. The first-order valence-electron chi connectivity index (χ1n) is 1.95. The summed E-state index contributed by atoms with van der Waals surface area (Å²) >= 11 is 0. The summed E-state index contributed by atoms with van der Waals surface area (Å²) in [5.74, 6) is 0. The second-order valence-electron chi connectivity index (χ2n) is 1.37. The van der Waals surface area contributed by atoms with Crippen molar-refractivity contribution in [3.05, 3.63) is 0 Å². The highest BCUT2D eigenvalue weighted by Crippen LogP contribution is 2.12. The Labute approximate surface area is 36.3 Å². The van der Waals surface area contributed by atoms with Gasteiger partial charge in [-0.1, -0.05) is 0 Å². The van der Waals surface area contributed by atoms with Crippen LogP contribution in [0.5, 0.6) is 0 Å². The van der Waals surface area contributed by atoms with Crippen LogP contribution in [0.25, 0.3) is 0 Å². The second kappa shape index (κ2) is 1.18. The molecule has 0 aromatic rings. The summed E-state index contributed by atoms with van der Waals surface area (Å²) in [6.07, 6.45) is 0.0972. The zero-order valence-electron chi connectivity index (χ0n) is 3.42. The van der Waals surface area contributed by atoms with Crippen molar-refractivity contribution < 1.29 is 4.74 Å². The molecule has 0 aliphatic carbocycles. The molecule has 0 aromatic carbocycles. The molecule has 3 heteroatoms. The number of rotatable bonds is 1. The Balaban J connectivity index is 2.09. The van der Waals surface area contributed by atoms with Crippen molar-refractivity contribution in [3.8, 4) is 0 Å². The van der Waals surface area contributed by atoms with Crippen molar-refractivity contribution in [2.75, 3.05) is 6.54 Å². The van der Waals surface area contributed by atoms with Gasteiger partial charge < -0.3 is 16.2 Å². The van der Waals surface area contributed by atoms with Crippen LogP contribution >= 0.6 is 0 Å². The molecular weight excluding hydrogens is 80.0 g/mol. The van der Waals surface area contributed by atoms with Gasteiger partial charge in [-0.2, -0.15) is 0 Å². The lowest BCUT2D eigenvalue weighted by Gasteiger charge is -1.74. The Bertz CT molecular complexity index is 54.8. The van der Waals surface area contributed by atoms with E-state index in [2.05, 4.69) is 0 Å². The first kappa shape index (κ1) is 4.05. The van der Waals surface area contributed by atoms with Gasteiger partial charge in [0, 0.05) is 6.54 Å². The molecule has 0 spiro atoms. The van der Waals surface area contributed by atoms with Crippen molar-refractivity contribution in [2.24, 2.45) is 11.5 Å². The lowest BCUT2D eigenvalue weighted by Crippen LogP contribution is -2.14. The van der Waals surface area contributed by atoms with Crippen LogP contribution in [0.2, 0.25) is 0 Å². The molecule has 36 valence electrons. The molecule has 2 atom stereocenters. The molecular formula is C3H8N2O. The monoisotopic (exact) mass is 88.1 g/mol. The van der Waals surface area contributed by atoms with Crippen LogP contribution < -0.4 is 11.5 Å². The molecule has 6 heavy (non-hydrogen) atoms. The Morgan fingerprint density at radius 3 is 2.17 bits per heavy atom. The van der Waals surface area contributed by atoms with E-state index in [0.29, 0.717) is 6.54 Å². The third-order valence-electron chi connectivity index (χ3n) is 0.854. The predicted octanol–water partition coefficient (Wildman–Crippen LogP) is -1.37. The Hall–Kier alpha value is -0.120. The zero-order valence-corrected chi connectivity index (χ0v) is 3.42. The zero-order chi connectivity index (χ0) is 4.57. The highest BCUT2D eigenvalue weighted by Gasteiger charge is 2.32. The van der Waals surface area contributed by atoms with E-state index in [1.807, 2.05) is 0 Å². The maximum atomic E-state index is 5.17. The molecule has 0 aromatic heterocycles. The number of hydrogen-bond acceptors (Lipinski definition) is 3. The van der Waals surface area contributed by atoms with Crippen LogP contribution in [-0.4, -0.2) is 18.9 Å². The largest absolute Gasteiger partial charge is 0.352 e. The molecule has 0 amide bonds. The number of nitrogens with two attached hydrogens (primary N) is 2. The summed E-state index contributed by atoms with van der Waals surface area (Å²) in [5, 5.41) is 0. The Kier molecular flexibility index (Phi) is 0.799. The van der Waals surface area contributed by atoms with E-state index in [1.54, 1.807) is 0 Å². The number of epoxide rings is 1. The van der Waals surface area contributed by atoms with Crippen molar-refractivity contribution in [2.45, 2.75) is 12.3 Å². The van der Waals surface area contributed by atoms with Gasteiger partial charge in [-0.05, 0) is 0 Å². The van der Waals surface area contributed by atoms with Crippen LogP contribution in [-0.2, 0) is 4.74 Å². The molecule has 0 bridgehead atoms. The third-order valence-corrected chi connectivity index (χ3v) is 0.854. The molecule has 1 aliphatic heterocycles. The van der Waals surface area contributed by atoms with E-state index < -0.39 is 0 Å². The molecule has 0 radical (unpaired) electrons. The normalized spacial score (nSPS) is 43.0. The number of ether oxygens (including phenoxy) is 1. The van der Waals surface area contributed by atoms with E-state index in [4.69, 9.17) is 16.2 Å². The summed E-state index contributed by atoms with van der Waals surface area (Å²) in [5.41, 5.74) is 10.3. The maximum absolute atomic E-state index is 5.17. The minimum absolute atomic E-state index is 0.0602. The lowest BCUT2D eigenvalue weighted by atomic mass is 10.4. The average Bonchev–Trinajstić information content (AvgIpc) is 2.19. The van der Waals surface area contributed by atoms with Crippen LogP contribution in [0.15, 0.2) is 0 Å². The Morgan fingerprint density at radius 2 is 2.17 bits per heavy atom. The van der Waals surface area contributed by atoms with Crippen molar-refractivity contribution in [1.29, 1.82) is 0 Å². The molecule has 3 nitrogen and oxygen atoms in total. The fraction of sp³-hybridized carbons (Fsp3) is 1.00. The highest BCUT2D eigenvalue weighted by molar-refractivity contribution is 4.78. The summed E-state index contributed by atoms with van der Waals surface area (Å²) < 4.78 is 4.72. The van der Waals surface area contributed by atoms with Gasteiger partial charge in [-0.15, -0.1) is 0 Å². The van der Waals surface area contributed by atoms with Gasteiger partial charge in [0.15, 0.2) is 0 Å². The molecule has 1 aliphatic rings. The van der Waals surface area contributed by atoms with Gasteiger partial charge in [-0.3, -0.25) is 0 Å². The minimum atomic E-state index is -0.0602. The van der Waals surface area contributed by atoms with E-state index in [-0.39, 0.29) is 12.3 Å². The van der Waals surface area contributed by atoms with Crippen molar-refractivity contribution in [1.82, 2.24) is 0 Å². The average molecular weight is 88.1 g/mol. The molecule has 4 N–H and O–H groups in total. The summed E-state index contributed by atoms with van der Waals surface area (Å²) in [6, 6.07) is 0. The predicted molar refractivity (Wildman–Crippen MR) is 21.9 cm³/mol. The van der Waals surface area contributed by atoms with Gasteiger partial charge in [0.2, 0.25) is 0 Å². The molecule has 1 fully saturated rings. The molecule has 1 heterocycles. The Morgan fingerprint density at radius 1 is 1.67 bits per heavy atom. The third kappa shape index (κ3) is 0.518. The summed E-state index contributed by atoms with van der Waals surface area (Å²) in [4.78, 5) is 0. The molecule has 1 rings (SSSR count). The molecule has 0 saturated carbocycles. The fourth-order valence-electron chi connectivity index (χ4n) is 0.346. The quantitative estimate of drug-likeness (QED) is 0.389. The van der Waals surface area contributed by atoms with Crippen LogP contribution in [0.4, 0.5) is 0 Å². The first-order valence-corrected chi connectivity index (χ1v) is 1.95. The van der Waals surface area contributed by atoms with E-state index in [9.17, 15) is 0 Å². The first-order chi connectivity index (χ1) is 2.84. The highest BCUT2D eigenvalue weighted by atomic mass is 16.6.